The van der Waals surface area contributed by atoms with E-state index in [4.69, 9.17) is 4.74 Å². The number of nitrogens with zero attached hydrogens (tertiary/aromatic N) is 4. The molecule has 31 heavy (non-hydrogen) atoms. The van der Waals surface area contributed by atoms with Gasteiger partial charge in [0, 0.05) is 31.2 Å². The molecule has 1 atom stereocenters. The quantitative estimate of drug-likeness (QED) is 0.625. The molecule has 0 spiro atoms. The van der Waals surface area contributed by atoms with Crippen LogP contribution in [0.1, 0.15) is 38.4 Å². The van der Waals surface area contributed by atoms with Gasteiger partial charge in [0.15, 0.2) is 5.13 Å². The van der Waals surface area contributed by atoms with E-state index in [2.05, 4.69) is 25.6 Å². The highest BCUT2D eigenvalue weighted by Crippen LogP contribution is 2.29. The summed E-state index contributed by atoms with van der Waals surface area (Å²) in [6.07, 6.45) is 1.47. The molecule has 4 rings (SSSR count). The highest BCUT2D eigenvalue weighted by molar-refractivity contribution is 7.17. The van der Waals surface area contributed by atoms with E-state index in [-0.39, 0.29) is 12.0 Å². The summed E-state index contributed by atoms with van der Waals surface area (Å²) in [6, 6.07) is 7.87. The van der Waals surface area contributed by atoms with Crippen LogP contribution in [0, 0.1) is 20.8 Å². The van der Waals surface area contributed by atoms with Crippen LogP contribution in [0.2, 0.25) is 0 Å². The third kappa shape index (κ3) is 4.67. The minimum atomic E-state index is -0.292. The van der Waals surface area contributed by atoms with Crippen LogP contribution < -0.4 is 10.6 Å². The number of ether oxygens (including phenoxy) is 1. The standard InChI is InChI=1S/C22H26N6O2S/c1-13-6-5-7-24-20(13)27-16-10-14(2)25-17(11-16)18-12-28(8-9-30-18)21(29)19-15(3)26-22(23-4)31-19/h5-7,10-11,18H,8-9,12H2,1-4H3,(H,23,26)(H,24,25,27). The van der Waals surface area contributed by atoms with Crippen molar-refractivity contribution in [2.45, 2.75) is 26.9 Å². The monoisotopic (exact) mass is 438 g/mol. The van der Waals surface area contributed by atoms with Crippen molar-refractivity contribution < 1.29 is 9.53 Å². The Balaban J connectivity index is 1.54. The SMILES string of the molecule is CNc1nc(C)c(C(=O)N2CCOC(c3cc(Nc4ncccc4C)cc(C)n3)C2)s1. The van der Waals surface area contributed by atoms with Crippen molar-refractivity contribution in [1.29, 1.82) is 0 Å². The summed E-state index contributed by atoms with van der Waals surface area (Å²) in [5.41, 5.74) is 4.37. The molecule has 1 aliphatic rings. The van der Waals surface area contributed by atoms with Gasteiger partial charge in [-0.15, -0.1) is 0 Å². The van der Waals surface area contributed by atoms with Crippen LogP contribution in [0.25, 0.3) is 0 Å². The fraction of sp³-hybridized carbons (Fsp3) is 0.364. The number of morpholine rings is 1. The number of amides is 1. The maximum atomic E-state index is 13.1. The van der Waals surface area contributed by atoms with Gasteiger partial charge in [-0.1, -0.05) is 17.4 Å². The van der Waals surface area contributed by atoms with E-state index in [0.717, 1.165) is 39.3 Å². The van der Waals surface area contributed by atoms with Crippen molar-refractivity contribution in [1.82, 2.24) is 19.9 Å². The largest absolute Gasteiger partial charge is 0.368 e. The molecular formula is C22H26N6O2S. The lowest BCUT2D eigenvalue weighted by atomic mass is 10.1. The fourth-order valence-corrected chi connectivity index (χ4v) is 4.43. The number of anilines is 3. The van der Waals surface area contributed by atoms with E-state index in [1.165, 1.54) is 11.3 Å². The second-order valence-corrected chi connectivity index (χ2v) is 8.51. The fourth-order valence-electron chi connectivity index (χ4n) is 3.54. The van der Waals surface area contributed by atoms with Crippen LogP contribution in [-0.4, -0.2) is 52.5 Å². The summed E-state index contributed by atoms with van der Waals surface area (Å²) in [5.74, 6) is 0.793. The Bertz CT molecular complexity index is 1100. The number of hydrogen-bond acceptors (Lipinski definition) is 8. The number of carbonyl (C=O) groups is 1. The average molecular weight is 439 g/mol. The van der Waals surface area contributed by atoms with Gasteiger partial charge in [-0.3, -0.25) is 9.78 Å². The molecule has 1 saturated heterocycles. The molecule has 3 aromatic heterocycles. The first-order chi connectivity index (χ1) is 14.9. The molecule has 1 aliphatic heterocycles. The summed E-state index contributed by atoms with van der Waals surface area (Å²) in [4.78, 5) is 29.1. The van der Waals surface area contributed by atoms with Gasteiger partial charge in [0.25, 0.3) is 5.91 Å². The molecule has 0 aromatic carbocycles. The summed E-state index contributed by atoms with van der Waals surface area (Å²) >= 11 is 1.38. The van der Waals surface area contributed by atoms with Gasteiger partial charge in [-0.05, 0) is 44.5 Å². The lowest BCUT2D eigenvalue weighted by Crippen LogP contribution is -2.42. The molecule has 4 heterocycles. The number of aromatic nitrogens is 3. The van der Waals surface area contributed by atoms with Gasteiger partial charge in [0.05, 0.1) is 24.5 Å². The summed E-state index contributed by atoms with van der Waals surface area (Å²) in [7, 11) is 1.80. The molecule has 0 aliphatic carbocycles. The topological polar surface area (TPSA) is 92.3 Å². The van der Waals surface area contributed by atoms with Crippen molar-refractivity contribution in [2.24, 2.45) is 0 Å². The zero-order valence-electron chi connectivity index (χ0n) is 18.1. The number of rotatable bonds is 5. The predicted octanol–water partition coefficient (Wildman–Crippen LogP) is 3.86. The first-order valence-electron chi connectivity index (χ1n) is 10.2. The number of carbonyl (C=O) groups excluding carboxylic acids is 1. The molecule has 9 heteroatoms. The number of thiazole rings is 1. The zero-order valence-corrected chi connectivity index (χ0v) is 18.9. The van der Waals surface area contributed by atoms with Gasteiger partial charge in [0.1, 0.15) is 16.8 Å². The van der Waals surface area contributed by atoms with Gasteiger partial charge in [0.2, 0.25) is 0 Å². The van der Waals surface area contributed by atoms with Crippen LogP contribution in [0.15, 0.2) is 30.5 Å². The molecule has 3 aromatic rings. The van der Waals surface area contributed by atoms with Crippen LogP contribution in [0.5, 0.6) is 0 Å². The van der Waals surface area contributed by atoms with Crippen LogP contribution >= 0.6 is 11.3 Å². The Morgan fingerprint density at radius 1 is 1.26 bits per heavy atom. The molecule has 0 saturated carbocycles. The molecular weight excluding hydrogens is 412 g/mol. The predicted molar refractivity (Wildman–Crippen MR) is 122 cm³/mol. The third-order valence-corrected chi connectivity index (χ3v) is 6.30. The molecule has 1 fully saturated rings. The van der Waals surface area contributed by atoms with Gasteiger partial charge >= 0.3 is 0 Å². The van der Waals surface area contributed by atoms with Crippen molar-refractivity contribution in [3.63, 3.8) is 0 Å². The Morgan fingerprint density at radius 2 is 2.10 bits per heavy atom. The number of pyridine rings is 2. The van der Waals surface area contributed by atoms with Crippen LogP contribution in [-0.2, 0) is 4.74 Å². The molecule has 0 bridgehead atoms. The average Bonchev–Trinajstić information content (AvgIpc) is 3.15. The smallest absolute Gasteiger partial charge is 0.266 e. The maximum absolute atomic E-state index is 13.1. The first-order valence-corrected chi connectivity index (χ1v) is 11.0. The second kappa shape index (κ2) is 8.99. The van der Waals surface area contributed by atoms with E-state index in [1.54, 1.807) is 13.2 Å². The number of aryl methyl sites for hydroxylation is 3. The van der Waals surface area contributed by atoms with Gasteiger partial charge in [-0.2, -0.15) is 0 Å². The normalized spacial score (nSPS) is 16.3. The lowest BCUT2D eigenvalue weighted by molar-refractivity contribution is -0.0246. The van der Waals surface area contributed by atoms with Crippen LogP contribution in [0.3, 0.4) is 0 Å². The molecule has 1 amide bonds. The zero-order chi connectivity index (χ0) is 22.0. The summed E-state index contributed by atoms with van der Waals surface area (Å²) in [6.45, 7) is 7.28. The third-order valence-electron chi connectivity index (χ3n) is 5.13. The maximum Gasteiger partial charge on any atom is 0.266 e. The molecule has 162 valence electrons. The van der Waals surface area contributed by atoms with Crippen molar-refractivity contribution >= 4 is 33.9 Å². The molecule has 8 nitrogen and oxygen atoms in total. The highest BCUT2D eigenvalue weighted by atomic mass is 32.1. The van der Waals surface area contributed by atoms with Crippen molar-refractivity contribution in [3.05, 3.63) is 58.0 Å². The lowest BCUT2D eigenvalue weighted by Gasteiger charge is -2.32. The van der Waals surface area contributed by atoms with Gasteiger partial charge < -0.3 is 20.3 Å². The van der Waals surface area contributed by atoms with Crippen LogP contribution in [0.4, 0.5) is 16.6 Å². The summed E-state index contributed by atoms with van der Waals surface area (Å²) < 4.78 is 6.00. The highest BCUT2D eigenvalue weighted by Gasteiger charge is 2.29. The van der Waals surface area contributed by atoms with E-state index in [1.807, 2.05) is 49.9 Å². The minimum Gasteiger partial charge on any atom is -0.368 e. The number of nitrogens with one attached hydrogen (secondary N) is 2. The van der Waals surface area contributed by atoms with E-state index in [9.17, 15) is 4.79 Å². The Kier molecular flexibility index (Phi) is 6.15. The molecule has 2 N–H and O–H groups in total. The first kappa shape index (κ1) is 21.2. The molecule has 1 unspecified atom stereocenters. The number of hydrogen-bond donors (Lipinski definition) is 2. The molecule has 0 radical (unpaired) electrons. The Labute approximate surface area is 185 Å². The Morgan fingerprint density at radius 3 is 2.84 bits per heavy atom. The minimum absolute atomic E-state index is 0.0140. The van der Waals surface area contributed by atoms with Crippen molar-refractivity contribution in [3.8, 4) is 0 Å². The van der Waals surface area contributed by atoms with E-state index >= 15 is 0 Å². The second-order valence-electron chi connectivity index (χ2n) is 7.51. The van der Waals surface area contributed by atoms with Gasteiger partial charge in [-0.25, -0.2) is 9.97 Å². The Hall–Kier alpha value is -3.04. The summed E-state index contributed by atoms with van der Waals surface area (Å²) in [5, 5.41) is 7.12. The van der Waals surface area contributed by atoms with E-state index in [0.29, 0.717) is 24.6 Å². The van der Waals surface area contributed by atoms with Crippen molar-refractivity contribution in [2.75, 3.05) is 37.4 Å². The van der Waals surface area contributed by atoms with E-state index < -0.39 is 0 Å².